The minimum absolute atomic E-state index is 0.324. The van der Waals surface area contributed by atoms with Gasteiger partial charge in [-0.25, -0.2) is 14.6 Å². The van der Waals surface area contributed by atoms with E-state index in [0.29, 0.717) is 40.1 Å². The van der Waals surface area contributed by atoms with E-state index < -0.39 is 0 Å². The van der Waals surface area contributed by atoms with Gasteiger partial charge in [-0.15, -0.1) is 0 Å². The largest absolute Gasteiger partial charge is 0.268 e. The number of anilines is 1. The van der Waals surface area contributed by atoms with Crippen LogP contribution < -0.4 is 4.90 Å². The van der Waals surface area contributed by atoms with Gasteiger partial charge in [-0.05, 0) is 31.5 Å². The maximum Gasteiger partial charge on any atom is 0.267 e. The Labute approximate surface area is 167 Å². The molecule has 3 heterocycles. The molecule has 2 aromatic heterocycles. The summed E-state index contributed by atoms with van der Waals surface area (Å²) in [7, 11) is 0. The number of benzene rings is 2. The lowest BCUT2D eigenvalue weighted by Crippen LogP contribution is -2.29. The van der Waals surface area contributed by atoms with Gasteiger partial charge in [-0.3, -0.25) is 9.59 Å². The van der Waals surface area contributed by atoms with Gasteiger partial charge in [-0.2, -0.15) is 5.10 Å². The number of nitrogens with zero attached hydrogens (tertiary/aromatic N) is 4. The summed E-state index contributed by atoms with van der Waals surface area (Å²) in [5, 5.41) is 5.25. The van der Waals surface area contributed by atoms with Gasteiger partial charge in [0.2, 0.25) is 0 Å². The molecule has 1 aliphatic heterocycles. The van der Waals surface area contributed by atoms with E-state index in [1.807, 2.05) is 56.3 Å². The van der Waals surface area contributed by atoms with Crippen molar-refractivity contribution in [3.63, 3.8) is 0 Å². The quantitative estimate of drug-likeness (QED) is 0.504. The third kappa shape index (κ3) is 2.64. The molecule has 0 N–H and O–H groups in total. The normalized spacial score (nSPS) is 13.4. The minimum Gasteiger partial charge on any atom is -0.268 e. The van der Waals surface area contributed by atoms with E-state index in [4.69, 9.17) is 0 Å². The third-order valence-electron chi connectivity index (χ3n) is 5.25. The molecule has 0 unspecified atom stereocenters. The Balaban J connectivity index is 1.63. The zero-order valence-corrected chi connectivity index (χ0v) is 16.1. The van der Waals surface area contributed by atoms with Crippen LogP contribution in [0.15, 0.2) is 60.8 Å². The average Bonchev–Trinajstić information content (AvgIpc) is 3.17. The zero-order chi connectivity index (χ0) is 20.1. The molecule has 2 aromatic carbocycles. The molecule has 2 amide bonds. The van der Waals surface area contributed by atoms with Gasteiger partial charge in [0.25, 0.3) is 11.8 Å². The number of hydrogen-bond acceptors (Lipinski definition) is 4. The number of imide groups is 1. The smallest absolute Gasteiger partial charge is 0.267 e. The Hall–Kier alpha value is -3.80. The van der Waals surface area contributed by atoms with Crippen molar-refractivity contribution in [2.45, 2.75) is 20.4 Å². The van der Waals surface area contributed by atoms with Gasteiger partial charge in [0, 0.05) is 6.20 Å². The molecule has 5 rings (SSSR count). The van der Waals surface area contributed by atoms with Crippen molar-refractivity contribution >= 4 is 28.5 Å². The fraction of sp³-hybridized carbons (Fsp3) is 0.130. The van der Waals surface area contributed by atoms with Crippen LogP contribution in [0.25, 0.3) is 11.0 Å². The molecule has 0 radical (unpaired) electrons. The Bertz CT molecular complexity index is 1270. The standard InChI is InChI=1S/C23H18N4O2/c1-14-8-10-17(11-9-14)27-22(28)18-12-24-21-19(20(18)23(27)29)15(2)25-26(21)13-16-6-4-3-5-7-16/h3-12H,13H2,1-2H3. The van der Waals surface area contributed by atoms with Gasteiger partial charge in [0.05, 0.1) is 34.4 Å². The Kier molecular flexibility index (Phi) is 3.81. The van der Waals surface area contributed by atoms with Crippen molar-refractivity contribution in [1.82, 2.24) is 14.8 Å². The first-order valence-electron chi connectivity index (χ1n) is 9.40. The molecule has 0 saturated carbocycles. The molecule has 6 heteroatoms. The van der Waals surface area contributed by atoms with Gasteiger partial charge in [0.1, 0.15) is 0 Å². The number of carbonyl (C=O) groups excluding carboxylic acids is 2. The molecule has 0 atom stereocenters. The highest BCUT2D eigenvalue weighted by atomic mass is 16.2. The lowest BCUT2D eigenvalue weighted by Gasteiger charge is -2.13. The first kappa shape index (κ1) is 17.3. The van der Waals surface area contributed by atoms with E-state index in [0.717, 1.165) is 11.1 Å². The van der Waals surface area contributed by atoms with Crippen molar-refractivity contribution in [1.29, 1.82) is 0 Å². The fourth-order valence-corrected chi connectivity index (χ4v) is 3.82. The second kappa shape index (κ2) is 6.38. The molecule has 0 bridgehead atoms. The third-order valence-corrected chi connectivity index (χ3v) is 5.25. The second-order valence-electron chi connectivity index (χ2n) is 7.26. The van der Waals surface area contributed by atoms with Crippen molar-refractivity contribution in [2.75, 3.05) is 4.90 Å². The van der Waals surface area contributed by atoms with E-state index >= 15 is 0 Å². The first-order chi connectivity index (χ1) is 14.0. The van der Waals surface area contributed by atoms with E-state index in [-0.39, 0.29) is 11.8 Å². The van der Waals surface area contributed by atoms with Crippen LogP contribution >= 0.6 is 0 Å². The zero-order valence-electron chi connectivity index (χ0n) is 16.1. The molecular weight excluding hydrogens is 364 g/mol. The summed E-state index contributed by atoms with van der Waals surface area (Å²) < 4.78 is 1.78. The second-order valence-corrected chi connectivity index (χ2v) is 7.26. The van der Waals surface area contributed by atoms with E-state index in [9.17, 15) is 9.59 Å². The molecule has 1 aliphatic rings. The number of fused-ring (bicyclic) bond motifs is 3. The molecule has 0 saturated heterocycles. The number of amides is 2. The highest BCUT2D eigenvalue weighted by Gasteiger charge is 2.39. The van der Waals surface area contributed by atoms with Crippen LogP contribution in [0.5, 0.6) is 0 Å². The lowest BCUT2D eigenvalue weighted by atomic mass is 10.1. The molecule has 6 nitrogen and oxygen atoms in total. The summed E-state index contributed by atoms with van der Waals surface area (Å²) in [6.07, 6.45) is 1.49. The van der Waals surface area contributed by atoms with Crippen molar-refractivity contribution < 1.29 is 9.59 Å². The number of hydrogen-bond donors (Lipinski definition) is 0. The Morgan fingerprint density at radius 1 is 0.897 bits per heavy atom. The average molecular weight is 382 g/mol. The predicted molar refractivity (Wildman–Crippen MR) is 110 cm³/mol. The number of carbonyl (C=O) groups is 2. The molecule has 4 aromatic rings. The Morgan fingerprint density at radius 3 is 2.34 bits per heavy atom. The molecule has 29 heavy (non-hydrogen) atoms. The monoisotopic (exact) mass is 382 g/mol. The van der Waals surface area contributed by atoms with E-state index in [2.05, 4.69) is 10.1 Å². The Morgan fingerprint density at radius 2 is 1.62 bits per heavy atom. The van der Waals surface area contributed by atoms with Gasteiger partial charge in [-0.1, -0.05) is 48.0 Å². The first-order valence-corrected chi connectivity index (χ1v) is 9.40. The van der Waals surface area contributed by atoms with Crippen LogP contribution in [0.1, 0.15) is 37.5 Å². The molecule has 0 spiro atoms. The number of pyridine rings is 1. The van der Waals surface area contributed by atoms with E-state index in [1.165, 1.54) is 11.1 Å². The van der Waals surface area contributed by atoms with Gasteiger partial charge in [0.15, 0.2) is 5.65 Å². The van der Waals surface area contributed by atoms with Crippen LogP contribution in [0.4, 0.5) is 5.69 Å². The van der Waals surface area contributed by atoms with Gasteiger partial charge >= 0.3 is 0 Å². The molecule has 0 fully saturated rings. The summed E-state index contributed by atoms with van der Waals surface area (Å²) in [6.45, 7) is 4.35. The van der Waals surface area contributed by atoms with Crippen LogP contribution in [0.2, 0.25) is 0 Å². The summed E-state index contributed by atoms with van der Waals surface area (Å²) >= 11 is 0. The van der Waals surface area contributed by atoms with E-state index in [1.54, 1.807) is 16.8 Å². The molecule has 0 aliphatic carbocycles. The number of rotatable bonds is 3. The van der Waals surface area contributed by atoms with Crippen LogP contribution in [-0.2, 0) is 6.54 Å². The number of aryl methyl sites for hydroxylation is 2. The lowest BCUT2D eigenvalue weighted by molar-refractivity contribution is 0.0926. The molecular formula is C23H18N4O2. The molecule has 142 valence electrons. The minimum atomic E-state index is -0.349. The predicted octanol–water partition coefficient (Wildman–Crippen LogP) is 3.90. The summed E-state index contributed by atoms with van der Waals surface area (Å²) in [5.74, 6) is -0.679. The SMILES string of the molecule is Cc1ccc(N2C(=O)c3cnc4c(c(C)nn4Cc4ccccc4)c3C2=O)cc1. The van der Waals surface area contributed by atoms with Crippen molar-refractivity contribution in [2.24, 2.45) is 0 Å². The van der Waals surface area contributed by atoms with Crippen LogP contribution in [0, 0.1) is 13.8 Å². The summed E-state index contributed by atoms with van der Waals surface area (Å²) in [4.78, 5) is 32.0. The maximum atomic E-state index is 13.3. The maximum absolute atomic E-state index is 13.3. The van der Waals surface area contributed by atoms with Crippen LogP contribution in [0.3, 0.4) is 0 Å². The highest BCUT2D eigenvalue weighted by Crippen LogP contribution is 2.34. The van der Waals surface area contributed by atoms with Crippen molar-refractivity contribution in [3.05, 3.63) is 88.7 Å². The topological polar surface area (TPSA) is 68.1 Å². The summed E-state index contributed by atoms with van der Waals surface area (Å²) in [6, 6.07) is 17.3. The van der Waals surface area contributed by atoms with Gasteiger partial charge < -0.3 is 0 Å². The fourth-order valence-electron chi connectivity index (χ4n) is 3.82. The highest BCUT2D eigenvalue weighted by molar-refractivity contribution is 6.37. The van der Waals surface area contributed by atoms with Crippen LogP contribution in [-0.4, -0.2) is 26.6 Å². The summed E-state index contributed by atoms with van der Waals surface area (Å²) in [5.41, 5.74) is 4.71. The number of aromatic nitrogens is 3. The van der Waals surface area contributed by atoms with Crippen molar-refractivity contribution in [3.8, 4) is 0 Å².